The number of ether oxygens (including phenoxy) is 1. The van der Waals surface area contributed by atoms with Crippen molar-refractivity contribution in [3.63, 3.8) is 0 Å². The molecular weight excluding hydrogens is 461 g/mol. The Bertz CT molecular complexity index is 1300. The average molecular weight is 486 g/mol. The summed E-state index contributed by atoms with van der Waals surface area (Å²) in [7, 11) is 0. The summed E-state index contributed by atoms with van der Waals surface area (Å²) >= 11 is 0. The fourth-order valence-corrected chi connectivity index (χ4v) is 4.79. The molecule has 0 saturated carbocycles. The number of pyridine rings is 1. The highest BCUT2D eigenvalue weighted by Gasteiger charge is 2.33. The molecule has 184 valence electrons. The maximum Gasteiger partial charge on any atom is 0.416 e. The Labute approximate surface area is 199 Å². The number of nitrogens with zero attached hydrogens (tertiary/aromatic N) is 4. The van der Waals surface area contributed by atoms with Gasteiger partial charge in [0.05, 0.1) is 29.8 Å². The molecule has 5 rings (SSSR count). The van der Waals surface area contributed by atoms with Gasteiger partial charge in [0.25, 0.3) is 11.5 Å². The van der Waals surface area contributed by atoms with E-state index in [0.29, 0.717) is 43.0 Å². The number of imidazole rings is 1. The van der Waals surface area contributed by atoms with E-state index in [1.165, 1.54) is 16.7 Å². The van der Waals surface area contributed by atoms with E-state index >= 15 is 0 Å². The largest absolute Gasteiger partial charge is 0.416 e. The first kappa shape index (κ1) is 23.3. The Balaban J connectivity index is 1.28. The van der Waals surface area contributed by atoms with Crippen molar-refractivity contribution >= 4 is 5.91 Å². The zero-order chi connectivity index (χ0) is 24.7. The lowest BCUT2D eigenvalue weighted by Gasteiger charge is -2.36. The number of fused-ring (bicyclic) bond motifs is 1. The van der Waals surface area contributed by atoms with Gasteiger partial charge in [-0.3, -0.25) is 9.59 Å². The molecule has 1 saturated heterocycles. The molecule has 7 nitrogen and oxygen atoms in total. The van der Waals surface area contributed by atoms with Crippen LogP contribution in [0.15, 0.2) is 53.7 Å². The van der Waals surface area contributed by atoms with Crippen LogP contribution in [-0.2, 0) is 17.5 Å². The molecule has 4 heterocycles. The highest BCUT2D eigenvalue weighted by molar-refractivity contribution is 5.93. The SMILES string of the molecule is Cc1cn(-c2ccc3n(c2=O)CCN(C[C@@H]2CCC[C@@H](c4ccc(C(F)(F)F)cc4)O2)C3=O)cn1. The van der Waals surface area contributed by atoms with Crippen LogP contribution in [0.4, 0.5) is 13.2 Å². The fraction of sp³-hybridized carbons (Fsp3) is 0.400. The van der Waals surface area contributed by atoms with Crippen LogP contribution in [0.25, 0.3) is 5.69 Å². The van der Waals surface area contributed by atoms with Gasteiger partial charge in [-0.05, 0) is 56.0 Å². The normalized spacial score (nSPS) is 20.7. The van der Waals surface area contributed by atoms with Crippen molar-refractivity contribution in [1.29, 1.82) is 0 Å². The molecule has 2 aliphatic heterocycles. The number of amides is 1. The van der Waals surface area contributed by atoms with E-state index in [4.69, 9.17) is 4.74 Å². The van der Waals surface area contributed by atoms with Gasteiger partial charge in [-0.15, -0.1) is 0 Å². The van der Waals surface area contributed by atoms with Crippen LogP contribution in [0.3, 0.4) is 0 Å². The van der Waals surface area contributed by atoms with Crippen molar-refractivity contribution in [1.82, 2.24) is 19.0 Å². The molecule has 1 amide bonds. The van der Waals surface area contributed by atoms with E-state index in [1.807, 2.05) is 6.92 Å². The molecule has 0 aliphatic carbocycles. The maximum absolute atomic E-state index is 13.2. The Kier molecular flexibility index (Phi) is 6.00. The van der Waals surface area contributed by atoms with E-state index in [-0.39, 0.29) is 23.7 Å². The van der Waals surface area contributed by atoms with Crippen molar-refractivity contribution in [3.05, 3.63) is 81.8 Å². The van der Waals surface area contributed by atoms with Crippen molar-refractivity contribution < 1.29 is 22.7 Å². The predicted octanol–water partition coefficient (Wildman–Crippen LogP) is 4.13. The second kappa shape index (κ2) is 8.99. The lowest BCUT2D eigenvalue weighted by Crippen LogP contribution is -2.48. The summed E-state index contributed by atoms with van der Waals surface area (Å²) in [5.41, 5.74) is 1.32. The molecule has 1 aromatic carbocycles. The molecule has 2 aliphatic rings. The summed E-state index contributed by atoms with van der Waals surface area (Å²) in [6, 6.07) is 8.37. The van der Waals surface area contributed by atoms with Crippen molar-refractivity contribution in [2.75, 3.05) is 13.1 Å². The van der Waals surface area contributed by atoms with Crippen LogP contribution in [0, 0.1) is 6.92 Å². The topological polar surface area (TPSA) is 69.4 Å². The number of carbonyl (C=O) groups excluding carboxylic acids is 1. The molecule has 0 unspecified atom stereocenters. The van der Waals surface area contributed by atoms with Gasteiger partial charge in [-0.2, -0.15) is 13.2 Å². The van der Waals surface area contributed by atoms with Gasteiger partial charge in [-0.1, -0.05) is 12.1 Å². The number of alkyl halides is 3. The number of halogens is 3. The fourth-order valence-electron chi connectivity index (χ4n) is 4.79. The first-order valence-corrected chi connectivity index (χ1v) is 11.6. The lowest BCUT2D eigenvalue weighted by atomic mass is 9.97. The van der Waals surface area contributed by atoms with Crippen LogP contribution < -0.4 is 5.56 Å². The first-order valence-electron chi connectivity index (χ1n) is 11.6. The summed E-state index contributed by atoms with van der Waals surface area (Å²) < 4.78 is 47.9. The Hall–Kier alpha value is -3.40. The first-order chi connectivity index (χ1) is 16.7. The molecule has 2 atom stereocenters. The van der Waals surface area contributed by atoms with Crippen molar-refractivity contribution in [3.8, 4) is 5.69 Å². The number of rotatable bonds is 4. The van der Waals surface area contributed by atoms with Crippen LogP contribution in [-0.4, -0.2) is 44.1 Å². The molecule has 35 heavy (non-hydrogen) atoms. The zero-order valence-corrected chi connectivity index (χ0v) is 19.2. The minimum Gasteiger partial charge on any atom is -0.368 e. The monoisotopic (exact) mass is 486 g/mol. The molecule has 0 spiro atoms. The minimum absolute atomic E-state index is 0.230. The third-order valence-corrected chi connectivity index (χ3v) is 6.63. The summed E-state index contributed by atoms with van der Waals surface area (Å²) in [6.45, 7) is 2.95. The molecule has 3 aromatic rings. The van der Waals surface area contributed by atoms with Gasteiger partial charge >= 0.3 is 6.18 Å². The summed E-state index contributed by atoms with van der Waals surface area (Å²) in [5.74, 6) is -0.234. The predicted molar refractivity (Wildman–Crippen MR) is 121 cm³/mol. The van der Waals surface area contributed by atoms with E-state index in [2.05, 4.69) is 4.98 Å². The van der Waals surface area contributed by atoms with E-state index in [9.17, 15) is 22.8 Å². The van der Waals surface area contributed by atoms with Crippen molar-refractivity contribution in [2.24, 2.45) is 0 Å². The van der Waals surface area contributed by atoms with Crippen molar-refractivity contribution in [2.45, 2.75) is 51.1 Å². The third kappa shape index (κ3) is 4.62. The molecule has 0 radical (unpaired) electrons. The average Bonchev–Trinajstić information content (AvgIpc) is 3.27. The number of hydrogen-bond donors (Lipinski definition) is 0. The van der Waals surface area contributed by atoms with Crippen LogP contribution >= 0.6 is 0 Å². The quantitative estimate of drug-likeness (QED) is 0.556. The maximum atomic E-state index is 13.2. The number of aryl methyl sites for hydroxylation is 1. The molecular formula is C25H25F3N4O3. The van der Waals surface area contributed by atoms with E-state index < -0.39 is 11.7 Å². The summed E-state index contributed by atoms with van der Waals surface area (Å²) in [4.78, 5) is 32.0. The molecule has 1 fully saturated rings. The summed E-state index contributed by atoms with van der Waals surface area (Å²) in [6.07, 6.45) is 0.731. The van der Waals surface area contributed by atoms with Gasteiger partial charge in [0, 0.05) is 25.8 Å². The smallest absolute Gasteiger partial charge is 0.368 e. The third-order valence-electron chi connectivity index (χ3n) is 6.63. The van der Waals surface area contributed by atoms with Gasteiger partial charge in [0.2, 0.25) is 0 Å². The number of aromatic nitrogens is 3. The van der Waals surface area contributed by atoms with Gasteiger partial charge in [-0.25, -0.2) is 4.98 Å². The van der Waals surface area contributed by atoms with Crippen LogP contribution in [0.2, 0.25) is 0 Å². The Morgan fingerprint density at radius 1 is 1.06 bits per heavy atom. The van der Waals surface area contributed by atoms with Gasteiger partial charge in [0.1, 0.15) is 11.4 Å². The molecule has 0 N–H and O–H groups in total. The molecule has 10 heteroatoms. The zero-order valence-electron chi connectivity index (χ0n) is 19.2. The molecule has 2 aromatic heterocycles. The second-order valence-electron chi connectivity index (χ2n) is 9.03. The molecule has 0 bridgehead atoms. The van der Waals surface area contributed by atoms with E-state index in [0.717, 1.165) is 30.7 Å². The Morgan fingerprint density at radius 2 is 1.83 bits per heavy atom. The second-order valence-corrected chi connectivity index (χ2v) is 9.03. The van der Waals surface area contributed by atoms with Crippen LogP contribution in [0.1, 0.15) is 52.7 Å². The van der Waals surface area contributed by atoms with Gasteiger partial charge < -0.3 is 18.8 Å². The van der Waals surface area contributed by atoms with Crippen LogP contribution in [0.5, 0.6) is 0 Å². The number of benzene rings is 1. The minimum atomic E-state index is -4.38. The highest BCUT2D eigenvalue weighted by Crippen LogP contribution is 2.34. The summed E-state index contributed by atoms with van der Waals surface area (Å²) in [5, 5.41) is 0. The Morgan fingerprint density at radius 3 is 2.51 bits per heavy atom. The standard InChI is InChI=1S/C25H25F3N4O3/c1-16-13-31(15-29-16)20-9-10-21-23(33)30(11-12-32(21)24(20)34)14-19-3-2-4-22(35-19)17-5-7-18(8-6-17)25(26,27)28/h5-10,13,15,19,22H,2-4,11-12,14H2,1H3/t19-,22-/m0/s1. The lowest BCUT2D eigenvalue weighted by molar-refractivity contribution is -0.137. The highest BCUT2D eigenvalue weighted by atomic mass is 19.4. The number of hydrogen-bond acceptors (Lipinski definition) is 4. The van der Waals surface area contributed by atoms with E-state index in [1.54, 1.807) is 34.1 Å². The number of carbonyl (C=O) groups is 1. The van der Waals surface area contributed by atoms with Gasteiger partial charge in [0.15, 0.2) is 0 Å².